The van der Waals surface area contributed by atoms with E-state index < -0.39 is 18.2 Å². The van der Waals surface area contributed by atoms with Crippen LogP contribution in [0.5, 0.6) is 0 Å². The van der Waals surface area contributed by atoms with Gasteiger partial charge in [-0.05, 0) is 57.8 Å². The first kappa shape index (κ1) is 68.3. The van der Waals surface area contributed by atoms with Crippen molar-refractivity contribution in [3.63, 3.8) is 0 Å². The Bertz CT molecular complexity index is 1110. The number of amides is 1. The number of ether oxygens (including phenoxy) is 1. The van der Waals surface area contributed by atoms with Crippen molar-refractivity contribution in [2.75, 3.05) is 13.2 Å². The SMILES string of the molecule is CCCCCC=CCC=CCCCCCCCC(=O)OCCCCCCCCCCCCCCCCCCCCCCCCCCC(=O)N[C@@H](CO)[C@H](O)[C@H](O)CCCCCCCCCCCCCC. The third-order valence-electron chi connectivity index (χ3n) is 14.6. The Hall–Kier alpha value is -1.70. The summed E-state index contributed by atoms with van der Waals surface area (Å²) in [6.45, 7) is 4.74. The molecule has 7 nitrogen and oxygen atoms in total. The summed E-state index contributed by atoms with van der Waals surface area (Å²) in [6.07, 6.45) is 67.9. The Morgan fingerprint density at radius 2 is 0.743 bits per heavy atom. The summed E-state index contributed by atoms with van der Waals surface area (Å²) < 4.78 is 5.48. The molecule has 0 aliphatic carbocycles. The number of hydrogen-bond acceptors (Lipinski definition) is 6. The first-order valence-corrected chi connectivity index (χ1v) is 31.2. The summed E-state index contributed by atoms with van der Waals surface area (Å²) in [5, 5.41) is 33.6. The predicted molar refractivity (Wildman–Crippen MR) is 302 cm³/mol. The topological polar surface area (TPSA) is 116 Å². The number of carbonyl (C=O) groups excluding carboxylic acids is 2. The Morgan fingerprint density at radius 1 is 0.414 bits per heavy atom. The van der Waals surface area contributed by atoms with Crippen LogP contribution in [0.4, 0.5) is 0 Å². The highest BCUT2D eigenvalue weighted by Gasteiger charge is 2.26. The van der Waals surface area contributed by atoms with Crippen molar-refractivity contribution < 1.29 is 29.6 Å². The van der Waals surface area contributed by atoms with Gasteiger partial charge in [-0.2, -0.15) is 0 Å². The highest BCUT2D eigenvalue weighted by atomic mass is 16.5. The van der Waals surface area contributed by atoms with Gasteiger partial charge in [0, 0.05) is 12.8 Å². The summed E-state index contributed by atoms with van der Waals surface area (Å²) in [6, 6.07) is -0.813. The molecule has 0 aromatic rings. The van der Waals surface area contributed by atoms with Crippen LogP contribution in [0, 0.1) is 0 Å². The van der Waals surface area contributed by atoms with E-state index in [-0.39, 0.29) is 18.5 Å². The number of unbranched alkanes of at least 4 members (excludes halogenated alkanes) is 42. The molecule has 0 spiro atoms. The molecule has 0 saturated heterocycles. The van der Waals surface area contributed by atoms with Gasteiger partial charge in [0.1, 0.15) is 6.10 Å². The number of allylic oxidation sites excluding steroid dienone is 4. The Kier molecular flexibility index (Phi) is 56.8. The fourth-order valence-corrected chi connectivity index (χ4v) is 9.77. The van der Waals surface area contributed by atoms with E-state index in [0.29, 0.717) is 25.9 Å². The number of esters is 1. The van der Waals surface area contributed by atoms with Crippen LogP contribution in [0.1, 0.15) is 335 Å². The lowest BCUT2D eigenvalue weighted by Gasteiger charge is -2.26. The second kappa shape index (κ2) is 58.2. The van der Waals surface area contributed by atoms with Gasteiger partial charge in [0.15, 0.2) is 0 Å². The van der Waals surface area contributed by atoms with Crippen LogP contribution in [0.2, 0.25) is 0 Å². The van der Waals surface area contributed by atoms with Crippen LogP contribution >= 0.6 is 0 Å². The van der Waals surface area contributed by atoms with Crippen LogP contribution in [0.25, 0.3) is 0 Å². The van der Waals surface area contributed by atoms with Gasteiger partial charge in [-0.3, -0.25) is 9.59 Å². The predicted octanol–water partition coefficient (Wildman–Crippen LogP) is 18.4. The Labute approximate surface area is 435 Å². The number of nitrogens with one attached hydrogen (secondary N) is 1. The molecule has 0 aliphatic heterocycles. The second-order valence-electron chi connectivity index (χ2n) is 21.5. The largest absolute Gasteiger partial charge is 0.466 e. The van der Waals surface area contributed by atoms with Gasteiger partial charge in [0.05, 0.1) is 25.4 Å². The van der Waals surface area contributed by atoms with E-state index in [9.17, 15) is 24.9 Å². The maximum Gasteiger partial charge on any atom is 0.305 e. The Morgan fingerprint density at radius 3 is 1.16 bits per heavy atom. The van der Waals surface area contributed by atoms with E-state index in [1.807, 2.05) is 0 Å². The fraction of sp³-hybridized carbons (Fsp3) is 0.905. The van der Waals surface area contributed by atoms with Gasteiger partial charge in [0.25, 0.3) is 0 Å². The third kappa shape index (κ3) is 52.6. The molecule has 0 fully saturated rings. The monoisotopic (exact) mass is 988 g/mol. The van der Waals surface area contributed by atoms with E-state index in [1.54, 1.807) is 0 Å². The molecule has 0 unspecified atom stereocenters. The maximum absolute atomic E-state index is 12.5. The van der Waals surface area contributed by atoms with Gasteiger partial charge in [0.2, 0.25) is 5.91 Å². The zero-order valence-electron chi connectivity index (χ0n) is 46.9. The van der Waals surface area contributed by atoms with Crippen LogP contribution in [0.15, 0.2) is 24.3 Å². The van der Waals surface area contributed by atoms with Gasteiger partial charge in [-0.15, -0.1) is 0 Å². The molecule has 7 heteroatoms. The first-order chi connectivity index (χ1) is 34.5. The van der Waals surface area contributed by atoms with Crippen LogP contribution in [-0.2, 0) is 14.3 Å². The van der Waals surface area contributed by atoms with Gasteiger partial charge < -0.3 is 25.4 Å². The molecular weight excluding hydrogens is 867 g/mol. The van der Waals surface area contributed by atoms with E-state index in [4.69, 9.17) is 4.74 Å². The second-order valence-corrected chi connectivity index (χ2v) is 21.5. The lowest BCUT2D eigenvalue weighted by molar-refractivity contribution is -0.143. The van der Waals surface area contributed by atoms with Crippen LogP contribution < -0.4 is 5.32 Å². The molecule has 70 heavy (non-hydrogen) atoms. The lowest BCUT2D eigenvalue weighted by atomic mass is 9.99. The molecule has 0 saturated carbocycles. The normalized spacial score (nSPS) is 13.2. The molecule has 0 aliphatic rings. The molecule has 0 bridgehead atoms. The maximum atomic E-state index is 12.5. The molecule has 3 atom stereocenters. The number of aliphatic hydroxyl groups excluding tert-OH is 3. The van der Waals surface area contributed by atoms with Crippen LogP contribution in [0.3, 0.4) is 0 Å². The molecule has 414 valence electrons. The van der Waals surface area contributed by atoms with Crippen molar-refractivity contribution in [2.45, 2.75) is 353 Å². The van der Waals surface area contributed by atoms with Crippen molar-refractivity contribution in [1.82, 2.24) is 5.32 Å². The van der Waals surface area contributed by atoms with Crippen molar-refractivity contribution in [1.29, 1.82) is 0 Å². The van der Waals surface area contributed by atoms with E-state index in [2.05, 4.69) is 43.5 Å². The minimum Gasteiger partial charge on any atom is -0.466 e. The average molecular weight is 989 g/mol. The molecule has 0 heterocycles. The lowest BCUT2D eigenvalue weighted by Crippen LogP contribution is -2.50. The zero-order valence-corrected chi connectivity index (χ0v) is 46.9. The molecule has 1 amide bonds. The zero-order chi connectivity index (χ0) is 50.9. The van der Waals surface area contributed by atoms with Gasteiger partial charge >= 0.3 is 5.97 Å². The molecule has 0 aromatic carbocycles. The van der Waals surface area contributed by atoms with Crippen LogP contribution in [-0.4, -0.2) is 58.7 Å². The van der Waals surface area contributed by atoms with Crippen molar-refractivity contribution in [2.24, 2.45) is 0 Å². The Balaban J connectivity index is 3.41. The van der Waals surface area contributed by atoms with Gasteiger partial charge in [-0.25, -0.2) is 0 Å². The standard InChI is InChI=1S/C63H121NO6/c1-3-5-7-9-11-13-15-17-28-32-36-40-44-48-52-56-62(68)70-57-53-49-45-41-37-33-30-27-25-23-21-19-18-20-22-24-26-29-31-35-39-43-47-51-55-61(67)64-59(58-65)63(69)60(66)54-50-46-42-38-34-16-14-12-10-8-6-4-2/h11,13,17,28,59-60,63,65-66,69H,3-10,12,14-16,18-27,29-58H2,1-2H3,(H,64,67)/t59-,60+,63-/m0/s1. The van der Waals surface area contributed by atoms with Crippen molar-refractivity contribution >= 4 is 11.9 Å². The number of rotatable bonds is 58. The van der Waals surface area contributed by atoms with E-state index in [0.717, 1.165) is 64.2 Å². The summed E-state index contributed by atoms with van der Waals surface area (Å²) >= 11 is 0. The molecular formula is C63H121NO6. The highest BCUT2D eigenvalue weighted by Crippen LogP contribution is 2.18. The minimum atomic E-state index is -1.14. The van der Waals surface area contributed by atoms with Crippen molar-refractivity contribution in [3.05, 3.63) is 24.3 Å². The molecule has 0 rings (SSSR count). The molecule has 4 N–H and O–H groups in total. The average Bonchev–Trinajstić information content (AvgIpc) is 3.36. The van der Waals surface area contributed by atoms with E-state index >= 15 is 0 Å². The number of carbonyl (C=O) groups is 2. The summed E-state index contributed by atoms with van der Waals surface area (Å²) in [5.41, 5.74) is 0. The molecule has 0 radical (unpaired) electrons. The van der Waals surface area contributed by atoms with E-state index in [1.165, 1.54) is 238 Å². The number of aliphatic hydroxyl groups is 3. The third-order valence-corrected chi connectivity index (χ3v) is 14.6. The minimum absolute atomic E-state index is 0.00187. The quantitative estimate of drug-likeness (QED) is 0.0274. The fourth-order valence-electron chi connectivity index (χ4n) is 9.77. The summed E-state index contributed by atoms with van der Waals surface area (Å²) in [5.74, 6) is -0.148. The summed E-state index contributed by atoms with van der Waals surface area (Å²) in [4.78, 5) is 24.5. The van der Waals surface area contributed by atoms with Crippen molar-refractivity contribution in [3.8, 4) is 0 Å². The molecule has 0 aromatic heterocycles. The highest BCUT2D eigenvalue weighted by molar-refractivity contribution is 5.76. The number of hydrogen-bond donors (Lipinski definition) is 4. The first-order valence-electron chi connectivity index (χ1n) is 31.2. The summed E-state index contributed by atoms with van der Waals surface area (Å²) in [7, 11) is 0. The van der Waals surface area contributed by atoms with Gasteiger partial charge in [-0.1, -0.05) is 289 Å². The smallest absolute Gasteiger partial charge is 0.305 e.